The molecule has 0 aromatic heterocycles. The van der Waals surface area contributed by atoms with Gasteiger partial charge in [-0.3, -0.25) is 9.69 Å². The standard InChI is InChI=1S/C22H27FN2O2/c1-25(14-17-9-5-6-10-20(17)23)15-22(27)24-21(18-12-19(26)13-18)11-16-7-3-2-4-8-16/h2-10,18-19,21,26H,11-15H2,1H3,(H,24,27). The minimum atomic E-state index is -0.256. The first-order chi connectivity index (χ1) is 13.0. The summed E-state index contributed by atoms with van der Waals surface area (Å²) in [5.41, 5.74) is 1.75. The molecule has 144 valence electrons. The monoisotopic (exact) mass is 370 g/mol. The number of nitrogens with zero attached hydrogens (tertiary/aromatic N) is 1. The van der Waals surface area contributed by atoms with E-state index in [9.17, 15) is 14.3 Å². The predicted molar refractivity (Wildman–Crippen MR) is 104 cm³/mol. The van der Waals surface area contributed by atoms with Crippen LogP contribution in [0.4, 0.5) is 4.39 Å². The Kier molecular flexibility index (Phi) is 6.58. The summed E-state index contributed by atoms with van der Waals surface area (Å²) in [6.07, 6.45) is 1.95. The molecule has 1 aliphatic carbocycles. The van der Waals surface area contributed by atoms with Crippen LogP contribution in [0.2, 0.25) is 0 Å². The van der Waals surface area contributed by atoms with Crippen LogP contribution >= 0.6 is 0 Å². The molecule has 0 radical (unpaired) electrons. The lowest BCUT2D eigenvalue weighted by Crippen LogP contribution is -2.50. The van der Waals surface area contributed by atoms with Crippen LogP contribution in [0.25, 0.3) is 0 Å². The number of aliphatic hydroxyl groups is 1. The Morgan fingerprint density at radius 3 is 2.52 bits per heavy atom. The van der Waals surface area contributed by atoms with Gasteiger partial charge in [0.2, 0.25) is 5.91 Å². The predicted octanol–water partition coefficient (Wildman–Crippen LogP) is 2.76. The van der Waals surface area contributed by atoms with E-state index in [2.05, 4.69) is 17.4 Å². The number of likely N-dealkylation sites (N-methyl/N-ethyl adjacent to an activating group) is 1. The lowest BCUT2D eigenvalue weighted by molar-refractivity contribution is -0.123. The number of nitrogens with one attached hydrogen (secondary N) is 1. The van der Waals surface area contributed by atoms with Crippen molar-refractivity contribution in [2.75, 3.05) is 13.6 Å². The van der Waals surface area contributed by atoms with Crippen LogP contribution in [0.1, 0.15) is 24.0 Å². The Morgan fingerprint density at radius 1 is 1.19 bits per heavy atom. The molecule has 2 aromatic rings. The van der Waals surface area contributed by atoms with Crippen molar-refractivity contribution in [2.45, 2.75) is 38.0 Å². The molecule has 1 atom stereocenters. The van der Waals surface area contributed by atoms with E-state index in [1.54, 1.807) is 18.2 Å². The highest BCUT2D eigenvalue weighted by atomic mass is 19.1. The molecule has 0 spiro atoms. The number of hydrogen-bond acceptors (Lipinski definition) is 3. The average molecular weight is 370 g/mol. The molecule has 2 aromatic carbocycles. The van der Waals surface area contributed by atoms with E-state index in [0.29, 0.717) is 18.0 Å². The van der Waals surface area contributed by atoms with Gasteiger partial charge in [0.15, 0.2) is 0 Å². The van der Waals surface area contributed by atoms with E-state index < -0.39 is 0 Å². The highest BCUT2D eigenvalue weighted by Crippen LogP contribution is 2.31. The fraction of sp³-hybridized carbons (Fsp3) is 0.409. The molecule has 4 nitrogen and oxygen atoms in total. The summed E-state index contributed by atoms with van der Waals surface area (Å²) in [4.78, 5) is 14.4. The second-order valence-electron chi connectivity index (χ2n) is 7.51. The average Bonchev–Trinajstić information content (AvgIpc) is 2.61. The van der Waals surface area contributed by atoms with Gasteiger partial charge in [0.1, 0.15) is 5.82 Å². The maximum Gasteiger partial charge on any atom is 0.234 e. The third-order valence-corrected chi connectivity index (χ3v) is 5.18. The summed E-state index contributed by atoms with van der Waals surface area (Å²) in [5, 5.41) is 12.8. The van der Waals surface area contributed by atoms with Gasteiger partial charge in [-0.1, -0.05) is 48.5 Å². The zero-order valence-corrected chi connectivity index (χ0v) is 15.6. The van der Waals surface area contributed by atoms with Crippen molar-refractivity contribution in [3.8, 4) is 0 Å². The third-order valence-electron chi connectivity index (χ3n) is 5.18. The minimum absolute atomic E-state index is 0.00478. The first-order valence-corrected chi connectivity index (χ1v) is 9.44. The highest BCUT2D eigenvalue weighted by Gasteiger charge is 2.34. The maximum atomic E-state index is 13.8. The summed E-state index contributed by atoms with van der Waals surface area (Å²) in [6.45, 7) is 0.584. The molecule has 0 aliphatic heterocycles. The topological polar surface area (TPSA) is 52.6 Å². The Hall–Kier alpha value is -2.24. The lowest BCUT2D eigenvalue weighted by atomic mass is 9.75. The molecule has 0 bridgehead atoms. The molecule has 1 aliphatic rings. The van der Waals surface area contributed by atoms with Crippen LogP contribution in [-0.4, -0.2) is 41.7 Å². The van der Waals surface area contributed by atoms with Crippen molar-refractivity contribution in [1.29, 1.82) is 0 Å². The summed E-state index contributed by atoms with van der Waals surface area (Å²) in [5.74, 6) is -0.0349. The summed E-state index contributed by atoms with van der Waals surface area (Å²) < 4.78 is 13.8. The smallest absolute Gasteiger partial charge is 0.234 e. The van der Waals surface area contributed by atoms with Crippen molar-refractivity contribution < 1.29 is 14.3 Å². The quantitative estimate of drug-likeness (QED) is 0.751. The van der Waals surface area contributed by atoms with Crippen LogP contribution in [0.3, 0.4) is 0 Å². The van der Waals surface area contributed by atoms with E-state index in [0.717, 1.165) is 19.3 Å². The van der Waals surface area contributed by atoms with E-state index >= 15 is 0 Å². The fourth-order valence-corrected chi connectivity index (χ4v) is 3.63. The fourth-order valence-electron chi connectivity index (χ4n) is 3.63. The zero-order valence-electron chi connectivity index (χ0n) is 15.6. The normalized spacial score (nSPS) is 20.1. The molecule has 1 unspecified atom stereocenters. The number of benzene rings is 2. The molecule has 1 saturated carbocycles. The van der Waals surface area contributed by atoms with Crippen LogP contribution in [0, 0.1) is 11.7 Å². The lowest BCUT2D eigenvalue weighted by Gasteiger charge is -2.38. The zero-order chi connectivity index (χ0) is 19.2. The Morgan fingerprint density at radius 2 is 1.85 bits per heavy atom. The number of hydrogen-bond donors (Lipinski definition) is 2. The second kappa shape index (κ2) is 9.11. The molecule has 1 amide bonds. The van der Waals surface area contributed by atoms with Crippen molar-refractivity contribution in [1.82, 2.24) is 10.2 Å². The first kappa shape index (κ1) is 19.5. The van der Waals surface area contributed by atoms with Crippen molar-refractivity contribution in [3.63, 3.8) is 0 Å². The van der Waals surface area contributed by atoms with Crippen molar-refractivity contribution in [3.05, 3.63) is 71.5 Å². The SMILES string of the molecule is CN(CC(=O)NC(Cc1ccccc1)C1CC(O)C1)Cc1ccccc1F. The third kappa shape index (κ3) is 5.62. The summed E-state index contributed by atoms with van der Waals surface area (Å²) in [6, 6.07) is 16.7. The van der Waals surface area contributed by atoms with Crippen molar-refractivity contribution >= 4 is 5.91 Å². The van der Waals surface area contributed by atoms with Crippen molar-refractivity contribution in [2.24, 2.45) is 5.92 Å². The van der Waals surface area contributed by atoms with Gasteiger partial charge in [-0.15, -0.1) is 0 Å². The molecule has 5 heteroatoms. The van der Waals surface area contributed by atoms with E-state index in [4.69, 9.17) is 0 Å². The van der Waals surface area contributed by atoms with E-state index in [-0.39, 0.29) is 30.4 Å². The molecule has 1 fully saturated rings. The maximum absolute atomic E-state index is 13.8. The van der Waals surface area contributed by atoms with Gasteiger partial charge in [-0.05, 0) is 43.9 Å². The van der Waals surface area contributed by atoms with Gasteiger partial charge < -0.3 is 10.4 Å². The van der Waals surface area contributed by atoms with Gasteiger partial charge in [-0.2, -0.15) is 0 Å². The summed E-state index contributed by atoms with van der Waals surface area (Å²) in [7, 11) is 1.81. The van der Waals surface area contributed by atoms with Gasteiger partial charge in [-0.25, -0.2) is 4.39 Å². The number of aliphatic hydroxyl groups excluding tert-OH is 1. The van der Waals surface area contributed by atoms with Gasteiger partial charge >= 0.3 is 0 Å². The molecule has 2 N–H and O–H groups in total. The Bertz CT molecular complexity index is 747. The van der Waals surface area contributed by atoms with Crippen LogP contribution < -0.4 is 5.32 Å². The Balaban J connectivity index is 1.56. The minimum Gasteiger partial charge on any atom is -0.393 e. The van der Waals surface area contributed by atoms with Crippen LogP contribution in [-0.2, 0) is 17.8 Å². The highest BCUT2D eigenvalue weighted by molar-refractivity contribution is 5.78. The number of carbonyl (C=O) groups is 1. The number of rotatable bonds is 8. The van der Waals surface area contributed by atoms with E-state index in [1.165, 1.54) is 11.6 Å². The first-order valence-electron chi connectivity index (χ1n) is 9.44. The molecule has 0 heterocycles. The Labute approximate surface area is 160 Å². The summed E-state index contributed by atoms with van der Waals surface area (Å²) >= 11 is 0. The van der Waals surface area contributed by atoms with Gasteiger partial charge in [0.25, 0.3) is 0 Å². The number of carbonyl (C=O) groups excluding carboxylic acids is 1. The second-order valence-corrected chi connectivity index (χ2v) is 7.51. The number of amides is 1. The van der Waals surface area contributed by atoms with E-state index in [1.807, 2.05) is 30.1 Å². The van der Waals surface area contributed by atoms with Crippen LogP contribution in [0.5, 0.6) is 0 Å². The molecular weight excluding hydrogens is 343 g/mol. The molecule has 27 heavy (non-hydrogen) atoms. The van der Waals surface area contributed by atoms with Gasteiger partial charge in [0, 0.05) is 18.2 Å². The molecule has 3 rings (SSSR count). The van der Waals surface area contributed by atoms with Crippen LogP contribution in [0.15, 0.2) is 54.6 Å². The largest absolute Gasteiger partial charge is 0.393 e. The van der Waals surface area contributed by atoms with Gasteiger partial charge in [0.05, 0.1) is 12.6 Å². The number of halogens is 1. The molecular formula is C22H27FN2O2. The molecule has 0 saturated heterocycles.